The minimum atomic E-state index is -0.527. The number of allylic oxidation sites excluding steroid dienone is 1. The molecule has 9 heteroatoms. The predicted molar refractivity (Wildman–Crippen MR) is 204 cm³/mol. The lowest BCUT2D eigenvalue weighted by molar-refractivity contribution is -0.132. The van der Waals surface area contributed by atoms with Crippen LogP contribution in [0.5, 0.6) is 0 Å². The zero-order chi connectivity index (χ0) is 35.6. The smallest absolute Gasteiger partial charge is 0.256 e. The van der Waals surface area contributed by atoms with E-state index in [1.165, 1.54) is 0 Å². The Bertz CT molecular complexity index is 2230. The average Bonchev–Trinajstić information content (AvgIpc) is 4.00. The summed E-state index contributed by atoms with van der Waals surface area (Å²) in [6.07, 6.45) is 11.2. The number of carbonyl (C=O) groups excluding carboxylic acids is 4. The molecule has 2 saturated heterocycles. The van der Waals surface area contributed by atoms with E-state index >= 15 is 0 Å². The van der Waals surface area contributed by atoms with Crippen LogP contribution in [0.1, 0.15) is 58.3 Å². The van der Waals surface area contributed by atoms with E-state index in [0.29, 0.717) is 48.4 Å². The lowest BCUT2D eigenvalue weighted by atomic mass is 10.0. The fourth-order valence-corrected chi connectivity index (χ4v) is 7.61. The van der Waals surface area contributed by atoms with Crippen LogP contribution in [0.3, 0.4) is 0 Å². The third kappa shape index (κ3) is 6.53. The zero-order valence-corrected chi connectivity index (χ0v) is 28.7. The topological polar surface area (TPSA) is 115 Å². The molecule has 0 saturated carbocycles. The minimum absolute atomic E-state index is 0.0761. The second-order valence-corrected chi connectivity index (χ2v) is 13.6. The van der Waals surface area contributed by atoms with Crippen molar-refractivity contribution < 1.29 is 19.2 Å². The Morgan fingerprint density at radius 2 is 1.21 bits per heavy atom. The van der Waals surface area contributed by atoms with Gasteiger partial charge in [0.05, 0.1) is 5.56 Å². The Morgan fingerprint density at radius 3 is 1.85 bits per heavy atom. The van der Waals surface area contributed by atoms with E-state index in [-0.39, 0.29) is 23.6 Å². The maximum atomic E-state index is 13.5. The SMILES string of the molecule is O=C(Nc1ccc(/C=C/c2ccc(NC(=O)[C@@H]3CCCN3C(=O)c3c[nH]c4ccccc34)cc2)cc1)[C@@H]1CCCN1C(=O)C1=CCc2ccccc21. The summed E-state index contributed by atoms with van der Waals surface area (Å²) in [5.74, 6) is -0.574. The molecule has 4 amide bonds. The van der Waals surface area contributed by atoms with Crippen molar-refractivity contribution in [3.63, 3.8) is 0 Å². The monoisotopic (exact) mass is 689 g/mol. The van der Waals surface area contributed by atoms with Crippen molar-refractivity contribution >= 4 is 63.6 Å². The molecular formula is C43H39N5O4. The largest absolute Gasteiger partial charge is 0.360 e. The summed E-state index contributed by atoms with van der Waals surface area (Å²) in [5.41, 5.74) is 7.54. The number of H-pyrrole nitrogens is 1. The Labute approximate surface area is 302 Å². The number of carbonyl (C=O) groups is 4. The number of hydrogen-bond acceptors (Lipinski definition) is 4. The summed E-state index contributed by atoms with van der Waals surface area (Å²) < 4.78 is 0. The molecule has 0 radical (unpaired) electrons. The summed E-state index contributed by atoms with van der Waals surface area (Å²) in [5, 5.41) is 6.86. The molecule has 9 nitrogen and oxygen atoms in total. The van der Waals surface area contributed by atoms with Crippen molar-refractivity contribution in [1.29, 1.82) is 0 Å². The van der Waals surface area contributed by atoms with Crippen LogP contribution in [0.25, 0.3) is 28.6 Å². The average molecular weight is 690 g/mol. The number of amides is 4. The van der Waals surface area contributed by atoms with Gasteiger partial charge in [-0.15, -0.1) is 0 Å². The highest BCUT2D eigenvalue weighted by molar-refractivity contribution is 6.22. The molecular weight excluding hydrogens is 651 g/mol. The van der Waals surface area contributed by atoms with Crippen LogP contribution in [0, 0.1) is 0 Å². The van der Waals surface area contributed by atoms with Crippen LogP contribution < -0.4 is 10.6 Å². The summed E-state index contributed by atoms with van der Waals surface area (Å²) in [4.78, 5) is 60.1. The summed E-state index contributed by atoms with van der Waals surface area (Å²) in [6, 6.07) is 29.8. The Morgan fingerprint density at radius 1 is 0.654 bits per heavy atom. The standard InChI is InChI=1S/C43H39N5O4/c49-40(38-11-5-25-47(38)42(51)35-24-19-30-7-1-2-8-33(30)35)45-31-20-15-28(16-21-31)13-14-29-17-22-32(23-18-29)46-41(50)39-12-6-26-48(39)43(52)36-27-44-37-10-4-3-9-34(36)37/h1-4,7-10,13-18,20-24,27,38-39,44H,5-6,11-12,19,25-26H2,(H,45,49)(H,46,50)/b14-13+/t38-,39-/m0/s1. The molecule has 2 atom stereocenters. The molecule has 0 spiro atoms. The first-order chi connectivity index (χ1) is 25.4. The van der Waals surface area contributed by atoms with Crippen LogP contribution in [0.2, 0.25) is 0 Å². The van der Waals surface area contributed by atoms with Gasteiger partial charge < -0.3 is 25.4 Å². The van der Waals surface area contributed by atoms with E-state index in [9.17, 15) is 19.2 Å². The second-order valence-electron chi connectivity index (χ2n) is 13.6. The number of rotatable bonds is 8. The van der Waals surface area contributed by atoms with Gasteiger partial charge in [-0.3, -0.25) is 19.2 Å². The number of anilines is 2. The predicted octanol–water partition coefficient (Wildman–Crippen LogP) is 7.15. The Balaban J connectivity index is 0.846. The molecule has 1 aromatic heterocycles. The highest BCUT2D eigenvalue weighted by Crippen LogP contribution is 2.32. The molecule has 3 N–H and O–H groups in total. The zero-order valence-electron chi connectivity index (χ0n) is 28.7. The molecule has 2 fully saturated rings. The third-order valence-electron chi connectivity index (χ3n) is 10.3. The quantitative estimate of drug-likeness (QED) is 0.150. The van der Waals surface area contributed by atoms with E-state index in [1.807, 2.05) is 115 Å². The molecule has 8 rings (SSSR count). The van der Waals surface area contributed by atoms with E-state index < -0.39 is 12.1 Å². The molecule has 2 aliphatic heterocycles. The van der Waals surface area contributed by atoms with Crippen LogP contribution in [-0.2, 0) is 20.8 Å². The number of likely N-dealkylation sites (tertiary alicyclic amines) is 2. The highest BCUT2D eigenvalue weighted by Gasteiger charge is 2.37. The van der Waals surface area contributed by atoms with Gasteiger partial charge in [0.1, 0.15) is 12.1 Å². The molecule has 0 bridgehead atoms. The summed E-state index contributed by atoms with van der Waals surface area (Å²) >= 11 is 0. The number of hydrogen-bond donors (Lipinski definition) is 3. The van der Waals surface area contributed by atoms with Gasteiger partial charge >= 0.3 is 0 Å². The first-order valence-corrected chi connectivity index (χ1v) is 17.9. The number of benzene rings is 4. The van der Waals surface area contributed by atoms with Crippen LogP contribution in [-0.4, -0.2) is 63.6 Å². The van der Waals surface area contributed by atoms with Gasteiger partial charge in [-0.1, -0.05) is 85.0 Å². The number of fused-ring (bicyclic) bond motifs is 2. The fourth-order valence-electron chi connectivity index (χ4n) is 7.61. The van der Waals surface area contributed by atoms with E-state index in [1.54, 1.807) is 16.0 Å². The maximum Gasteiger partial charge on any atom is 0.256 e. The lowest BCUT2D eigenvalue weighted by Gasteiger charge is -2.25. The number of nitrogens with zero attached hydrogens (tertiary/aromatic N) is 2. The van der Waals surface area contributed by atoms with Crippen molar-refractivity contribution in [2.75, 3.05) is 23.7 Å². The van der Waals surface area contributed by atoms with Crippen molar-refractivity contribution in [3.05, 3.63) is 137 Å². The Kier molecular flexibility index (Phi) is 8.99. The minimum Gasteiger partial charge on any atom is -0.360 e. The Hall–Kier alpha value is -6.22. The molecule has 260 valence electrons. The number of aromatic nitrogens is 1. The van der Waals surface area contributed by atoms with Crippen LogP contribution in [0.15, 0.2) is 109 Å². The van der Waals surface area contributed by atoms with Gasteiger partial charge in [-0.25, -0.2) is 0 Å². The molecule has 3 aliphatic rings. The van der Waals surface area contributed by atoms with Gasteiger partial charge in [-0.2, -0.15) is 0 Å². The number of nitrogens with one attached hydrogen (secondary N) is 3. The number of aromatic amines is 1. The normalized spacial score (nSPS) is 18.1. The van der Waals surface area contributed by atoms with Gasteiger partial charge in [0.2, 0.25) is 11.8 Å². The second kappa shape index (κ2) is 14.2. The summed E-state index contributed by atoms with van der Waals surface area (Å²) in [6.45, 7) is 1.11. The van der Waals surface area contributed by atoms with E-state index in [4.69, 9.17) is 0 Å². The maximum absolute atomic E-state index is 13.5. The van der Waals surface area contributed by atoms with Crippen LogP contribution >= 0.6 is 0 Å². The van der Waals surface area contributed by atoms with E-state index in [2.05, 4.69) is 15.6 Å². The molecule has 4 aromatic carbocycles. The molecule has 52 heavy (non-hydrogen) atoms. The fraction of sp³-hybridized carbons (Fsp3) is 0.209. The first-order valence-electron chi connectivity index (χ1n) is 17.9. The lowest BCUT2D eigenvalue weighted by Crippen LogP contribution is -2.43. The van der Waals surface area contributed by atoms with Crippen molar-refractivity contribution in [1.82, 2.24) is 14.8 Å². The van der Waals surface area contributed by atoms with Crippen molar-refractivity contribution in [2.24, 2.45) is 0 Å². The highest BCUT2D eigenvalue weighted by atomic mass is 16.2. The van der Waals surface area contributed by atoms with Crippen molar-refractivity contribution in [2.45, 2.75) is 44.2 Å². The summed E-state index contributed by atoms with van der Waals surface area (Å²) in [7, 11) is 0. The molecule has 5 aromatic rings. The van der Waals surface area contributed by atoms with E-state index in [0.717, 1.165) is 52.4 Å². The van der Waals surface area contributed by atoms with Crippen molar-refractivity contribution in [3.8, 4) is 0 Å². The van der Waals surface area contributed by atoms with Gasteiger partial charge in [-0.05, 0) is 84.7 Å². The first kappa shape index (κ1) is 33.0. The van der Waals surface area contributed by atoms with Gasteiger partial charge in [0.25, 0.3) is 11.8 Å². The van der Waals surface area contributed by atoms with Gasteiger partial charge in [0, 0.05) is 47.1 Å². The molecule has 1 aliphatic carbocycles. The van der Waals surface area contributed by atoms with Crippen LogP contribution in [0.4, 0.5) is 11.4 Å². The molecule has 3 heterocycles. The third-order valence-corrected chi connectivity index (χ3v) is 10.3. The molecule has 0 unspecified atom stereocenters. The van der Waals surface area contributed by atoms with Gasteiger partial charge in [0.15, 0.2) is 0 Å². The number of para-hydroxylation sites is 1.